The minimum absolute atomic E-state index is 0.283. The summed E-state index contributed by atoms with van der Waals surface area (Å²) >= 11 is 0. The Kier molecular flexibility index (Phi) is 4.31. The summed E-state index contributed by atoms with van der Waals surface area (Å²) < 4.78 is 4.76. The highest BCUT2D eigenvalue weighted by molar-refractivity contribution is 5.91. The molecule has 0 aliphatic heterocycles. The van der Waals surface area contributed by atoms with Crippen molar-refractivity contribution in [3.05, 3.63) is 24.3 Å². The predicted molar refractivity (Wildman–Crippen MR) is 77.1 cm³/mol. The summed E-state index contributed by atoms with van der Waals surface area (Å²) in [4.78, 5) is 20.2. The van der Waals surface area contributed by atoms with E-state index in [1.807, 2.05) is 31.2 Å². The van der Waals surface area contributed by atoms with Gasteiger partial charge in [0, 0.05) is 5.39 Å². The number of hydrogen-bond donors (Lipinski definition) is 3. The zero-order valence-electron chi connectivity index (χ0n) is 11.4. The highest BCUT2D eigenvalue weighted by Crippen LogP contribution is 2.22. The van der Waals surface area contributed by atoms with Crippen LogP contribution in [0, 0.1) is 0 Å². The molecule has 0 radical (unpaired) electrons. The molecule has 2 aromatic rings. The predicted octanol–water partition coefficient (Wildman–Crippen LogP) is 1.28. The number of hydrogen-bond acceptors (Lipinski definition) is 7. The number of carbonyl (C=O) groups is 1. The van der Waals surface area contributed by atoms with Crippen molar-refractivity contribution in [1.29, 1.82) is 0 Å². The number of carbonyl (C=O) groups excluding carboxylic acids is 1. The van der Waals surface area contributed by atoms with Crippen molar-refractivity contribution in [3.8, 4) is 0 Å². The number of nitrogens with one attached hydrogen (secondary N) is 2. The van der Waals surface area contributed by atoms with Crippen LogP contribution in [0.5, 0.6) is 0 Å². The fraction of sp³-hybridized carbons (Fsp3) is 0.308. The third kappa shape index (κ3) is 2.77. The Balaban J connectivity index is 2.44. The van der Waals surface area contributed by atoms with E-state index >= 15 is 0 Å². The van der Waals surface area contributed by atoms with Gasteiger partial charge in [0.05, 0.1) is 12.6 Å². The molecule has 2 rings (SSSR count). The summed E-state index contributed by atoms with van der Waals surface area (Å²) in [6, 6.07) is 7.01. The molecule has 7 heteroatoms. The SMILES string of the molecule is CCC(Nc1nc(NN)nc2ccccc12)C(=O)OC. The monoisotopic (exact) mass is 275 g/mol. The van der Waals surface area contributed by atoms with Crippen molar-refractivity contribution in [2.45, 2.75) is 19.4 Å². The number of ether oxygens (including phenoxy) is 1. The molecule has 0 bridgehead atoms. The Hall–Kier alpha value is -2.41. The Bertz CT molecular complexity index is 617. The van der Waals surface area contributed by atoms with Crippen LogP contribution in [-0.2, 0) is 9.53 Å². The number of para-hydroxylation sites is 1. The lowest BCUT2D eigenvalue weighted by Gasteiger charge is -2.16. The molecule has 20 heavy (non-hydrogen) atoms. The van der Waals surface area contributed by atoms with Crippen LogP contribution in [0.3, 0.4) is 0 Å². The van der Waals surface area contributed by atoms with Crippen molar-refractivity contribution < 1.29 is 9.53 Å². The molecule has 7 nitrogen and oxygen atoms in total. The van der Waals surface area contributed by atoms with Crippen LogP contribution < -0.4 is 16.6 Å². The maximum absolute atomic E-state index is 11.7. The quantitative estimate of drug-likeness (QED) is 0.429. The van der Waals surface area contributed by atoms with Crippen LogP contribution in [0.15, 0.2) is 24.3 Å². The number of benzene rings is 1. The fourth-order valence-electron chi connectivity index (χ4n) is 1.89. The van der Waals surface area contributed by atoms with E-state index in [0.29, 0.717) is 12.2 Å². The first kappa shape index (κ1) is 14.0. The van der Waals surface area contributed by atoms with Crippen molar-refractivity contribution in [2.75, 3.05) is 17.9 Å². The molecule has 0 saturated heterocycles. The molecule has 1 heterocycles. The van der Waals surface area contributed by atoms with Crippen molar-refractivity contribution >= 4 is 28.6 Å². The molecule has 106 valence electrons. The zero-order valence-corrected chi connectivity index (χ0v) is 11.4. The second-order valence-corrected chi connectivity index (χ2v) is 4.19. The lowest BCUT2D eigenvalue weighted by atomic mass is 10.2. The number of hydrazine groups is 1. The van der Waals surface area contributed by atoms with Gasteiger partial charge in [-0.05, 0) is 18.6 Å². The first-order valence-corrected chi connectivity index (χ1v) is 6.27. The van der Waals surface area contributed by atoms with Crippen molar-refractivity contribution in [1.82, 2.24) is 9.97 Å². The van der Waals surface area contributed by atoms with Gasteiger partial charge >= 0.3 is 5.97 Å². The summed E-state index contributed by atoms with van der Waals surface area (Å²) in [6.45, 7) is 1.89. The molecule has 1 aromatic carbocycles. The van der Waals surface area contributed by atoms with Crippen molar-refractivity contribution in [2.24, 2.45) is 5.84 Å². The molecule has 0 aliphatic carbocycles. The van der Waals surface area contributed by atoms with Gasteiger partial charge in [0.25, 0.3) is 0 Å². The summed E-state index contributed by atoms with van der Waals surface area (Å²) in [5.74, 6) is 5.85. The number of fused-ring (bicyclic) bond motifs is 1. The van der Waals surface area contributed by atoms with Gasteiger partial charge in [-0.25, -0.2) is 15.6 Å². The lowest BCUT2D eigenvalue weighted by Crippen LogP contribution is -2.30. The summed E-state index contributed by atoms with van der Waals surface area (Å²) in [5.41, 5.74) is 3.15. The number of aromatic nitrogens is 2. The van der Waals surface area contributed by atoms with Gasteiger partial charge in [-0.15, -0.1) is 0 Å². The van der Waals surface area contributed by atoms with Crippen LogP contribution in [0.1, 0.15) is 13.3 Å². The number of nitrogens with two attached hydrogens (primary N) is 1. The molecule has 4 N–H and O–H groups in total. The van der Waals surface area contributed by atoms with Crippen LogP contribution in [0.4, 0.5) is 11.8 Å². The number of methoxy groups -OCH3 is 1. The molecule has 1 unspecified atom stereocenters. The Labute approximate surface area is 116 Å². The zero-order chi connectivity index (χ0) is 14.5. The van der Waals surface area contributed by atoms with E-state index in [-0.39, 0.29) is 11.9 Å². The Morgan fingerprint density at radius 1 is 1.40 bits per heavy atom. The second kappa shape index (κ2) is 6.16. The maximum atomic E-state index is 11.7. The number of anilines is 2. The fourth-order valence-corrected chi connectivity index (χ4v) is 1.89. The summed E-state index contributed by atoms with van der Waals surface area (Å²) in [5, 5.41) is 3.89. The van der Waals surface area contributed by atoms with Gasteiger partial charge < -0.3 is 10.1 Å². The first-order chi connectivity index (χ1) is 9.69. The van der Waals surface area contributed by atoms with Crippen LogP contribution in [0.2, 0.25) is 0 Å². The van der Waals surface area contributed by atoms with E-state index in [1.165, 1.54) is 7.11 Å². The van der Waals surface area contributed by atoms with E-state index in [9.17, 15) is 4.79 Å². The first-order valence-electron chi connectivity index (χ1n) is 6.27. The molecule has 1 atom stereocenters. The number of rotatable bonds is 5. The van der Waals surface area contributed by atoms with Gasteiger partial charge in [-0.2, -0.15) is 4.98 Å². The summed E-state index contributed by atoms with van der Waals surface area (Å²) in [7, 11) is 1.36. The smallest absolute Gasteiger partial charge is 0.328 e. The minimum atomic E-state index is -0.469. The van der Waals surface area contributed by atoms with Gasteiger partial charge in [-0.3, -0.25) is 5.43 Å². The normalized spacial score (nSPS) is 11.9. The van der Waals surface area contributed by atoms with Gasteiger partial charge in [0.1, 0.15) is 11.9 Å². The highest BCUT2D eigenvalue weighted by atomic mass is 16.5. The number of nitrogen functional groups attached to an aromatic ring is 1. The van der Waals surface area contributed by atoms with E-state index in [0.717, 1.165) is 10.9 Å². The molecule has 1 aromatic heterocycles. The van der Waals surface area contributed by atoms with E-state index in [1.54, 1.807) is 0 Å². The van der Waals surface area contributed by atoms with Crippen LogP contribution in [0.25, 0.3) is 10.9 Å². The van der Waals surface area contributed by atoms with E-state index in [4.69, 9.17) is 10.6 Å². The average Bonchev–Trinajstić information content (AvgIpc) is 2.51. The largest absolute Gasteiger partial charge is 0.467 e. The Morgan fingerprint density at radius 2 is 2.15 bits per heavy atom. The van der Waals surface area contributed by atoms with E-state index in [2.05, 4.69) is 20.7 Å². The molecule has 0 amide bonds. The van der Waals surface area contributed by atoms with Gasteiger partial charge in [0.15, 0.2) is 0 Å². The third-order valence-corrected chi connectivity index (χ3v) is 2.94. The molecule has 0 fully saturated rings. The molecule has 0 aliphatic rings. The molecular weight excluding hydrogens is 258 g/mol. The van der Waals surface area contributed by atoms with Gasteiger partial charge in [0.2, 0.25) is 5.95 Å². The number of esters is 1. The topological polar surface area (TPSA) is 102 Å². The maximum Gasteiger partial charge on any atom is 0.328 e. The summed E-state index contributed by atoms with van der Waals surface area (Å²) in [6.07, 6.45) is 0.580. The lowest BCUT2D eigenvalue weighted by molar-refractivity contribution is -0.141. The van der Waals surface area contributed by atoms with Crippen molar-refractivity contribution in [3.63, 3.8) is 0 Å². The highest BCUT2D eigenvalue weighted by Gasteiger charge is 2.18. The average molecular weight is 275 g/mol. The van der Waals surface area contributed by atoms with E-state index < -0.39 is 6.04 Å². The molecule has 0 spiro atoms. The second-order valence-electron chi connectivity index (χ2n) is 4.19. The molecular formula is C13H17N5O2. The third-order valence-electron chi connectivity index (χ3n) is 2.94. The standard InChI is InChI=1S/C13H17N5O2/c1-3-9(12(19)20-2)15-11-8-6-4-5-7-10(8)16-13(17-11)18-14/h4-7,9H,3,14H2,1-2H3,(H2,15,16,17,18). The van der Waals surface area contributed by atoms with Gasteiger partial charge in [-0.1, -0.05) is 19.1 Å². The number of nitrogens with zero attached hydrogens (tertiary/aromatic N) is 2. The van der Waals surface area contributed by atoms with Crippen LogP contribution >= 0.6 is 0 Å². The Morgan fingerprint density at radius 3 is 2.80 bits per heavy atom. The van der Waals surface area contributed by atoms with Crippen LogP contribution in [-0.4, -0.2) is 29.1 Å². The molecule has 0 saturated carbocycles. The minimum Gasteiger partial charge on any atom is -0.467 e.